The Morgan fingerprint density at radius 2 is 2.09 bits per heavy atom. The summed E-state index contributed by atoms with van der Waals surface area (Å²) in [6, 6.07) is 1.70. The van der Waals surface area contributed by atoms with Gasteiger partial charge in [0, 0.05) is 31.7 Å². The summed E-state index contributed by atoms with van der Waals surface area (Å²) in [7, 11) is 1.85. The molecule has 0 saturated carbocycles. The van der Waals surface area contributed by atoms with Crippen LogP contribution in [0, 0.1) is 19.8 Å². The molecule has 0 bridgehead atoms. The van der Waals surface area contributed by atoms with Crippen molar-refractivity contribution in [2.45, 2.75) is 19.8 Å². The van der Waals surface area contributed by atoms with Crippen molar-refractivity contribution in [1.29, 1.82) is 0 Å². The summed E-state index contributed by atoms with van der Waals surface area (Å²) in [5.74, 6) is -0.388. The van der Waals surface area contributed by atoms with Crippen molar-refractivity contribution in [3.8, 4) is 0 Å². The van der Waals surface area contributed by atoms with Gasteiger partial charge in [-0.05, 0) is 25.5 Å². The summed E-state index contributed by atoms with van der Waals surface area (Å²) < 4.78 is 6.96. The van der Waals surface area contributed by atoms with Crippen LogP contribution in [0.2, 0.25) is 0 Å². The third kappa shape index (κ3) is 2.62. The van der Waals surface area contributed by atoms with E-state index in [9.17, 15) is 9.59 Å². The number of likely N-dealkylation sites (tertiary alicyclic amines) is 1. The third-order valence-electron chi connectivity index (χ3n) is 4.62. The molecule has 1 aliphatic rings. The van der Waals surface area contributed by atoms with Crippen LogP contribution in [0.5, 0.6) is 0 Å². The summed E-state index contributed by atoms with van der Waals surface area (Å²) in [5, 5.41) is 4.23. The number of amides is 2. The molecule has 0 unspecified atom stereocenters. The fraction of sp³-hybridized carbons (Fsp3) is 0.438. The van der Waals surface area contributed by atoms with Gasteiger partial charge in [0.05, 0.1) is 17.7 Å². The zero-order chi connectivity index (χ0) is 16.7. The fourth-order valence-corrected chi connectivity index (χ4v) is 3.19. The Kier molecular flexibility index (Phi) is 3.71. The molecule has 7 heteroatoms. The van der Waals surface area contributed by atoms with Crippen LogP contribution in [0.4, 0.5) is 0 Å². The van der Waals surface area contributed by atoms with E-state index in [1.165, 1.54) is 6.26 Å². The summed E-state index contributed by atoms with van der Waals surface area (Å²) in [5.41, 5.74) is 8.01. The summed E-state index contributed by atoms with van der Waals surface area (Å²) >= 11 is 0. The Labute approximate surface area is 134 Å². The van der Waals surface area contributed by atoms with Gasteiger partial charge in [0.2, 0.25) is 5.91 Å². The van der Waals surface area contributed by atoms with E-state index in [0.717, 1.165) is 11.3 Å². The van der Waals surface area contributed by atoms with Gasteiger partial charge in [-0.2, -0.15) is 5.10 Å². The number of carbonyl (C=O) groups is 2. The molecule has 0 spiro atoms. The van der Waals surface area contributed by atoms with E-state index in [2.05, 4.69) is 5.10 Å². The normalized spacial score (nSPS) is 20.9. The van der Waals surface area contributed by atoms with Gasteiger partial charge in [0.1, 0.15) is 12.0 Å². The number of rotatable bonds is 3. The number of nitrogens with two attached hydrogens (primary N) is 1. The Morgan fingerprint density at radius 3 is 2.61 bits per heavy atom. The smallest absolute Gasteiger partial charge is 0.257 e. The second-order valence-corrected chi connectivity index (χ2v) is 6.08. The number of hydrogen-bond donors (Lipinski definition) is 1. The lowest BCUT2D eigenvalue weighted by molar-refractivity contribution is -0.121. The van der Waals surface area contributed by atoms with Crippen LogP contribution in [0.3, 0.4) is 0 Å². The third-order valence-corrected chi connectivity index (χ3v) is 4.62. The fourth-order valence-electron chi connectivity index (χ4n) is 3.19. The number of primary amides is 1. The molecule has 2 aromatic rings. The maximum Gasteiger partial charge on any atom is 0.257 e. The van der Waals surface area contributed by atoms with Gasteiger partial charge >= 0.3 is 0 Å². The molecule has 2 N–H and O–H groups in total. The summed E-state index contributed by atoms with van der Waals surface area (Å²) in [4.78, 5) is 26.1. The minimum absolute atomic E-state index is 0.127. The second-order valence-electron chi connectivity index (χ2n) is 6.08. The SMILES string of the molecule is Cc1cc(C(=O)N2C[C@H](C(N)=O)[C@@H](c3cnn(C)c3C)C2)co1. The van der Waals surface area contributed by atoms with Gasteiger partial charge in [0.15, 0.2) is 0 Å². The first kappa shape index (κ1) is 15.3. The Morgan fingerprint density at radius 1 is 1.35 bits per heavy atom. The van der Waals surface area contributed by atoms with Crippen LogP contribution in [-0.2, 0) is 11.8 Å². The first-order valence-corrected chi connectivity index (χ1v) is 7.50. The predicted molar refractivity (Wildman–Crippen MR) is 82.7 cm³/mol. The molecule has 2 amide bonds. The molecular formula is C16H20N4O3. The van der Waals surface area contributed by atoms with E-state index in [0.29, 0.717) is 24.4 Å². The molecule has 2 aromatic heterocycles. The second kappa shape index (κ2) is 5.57. The average Bonchev–Trinajstić information content (AvgIpc) is 3.19. The minimum atomic E-state index is -0.408. The van der Waals surface area contributed by atoms with Crippen molar-refractivity contribution in [2.75, 3.05) is 13.1 Å². The highest BCUT2D eigenvalue weighted by molar-refractivity contribution is 5.95. The molecule has 3 rings (SSSR count). The number of furan rings is 1. The number of aromatic nitrogens is 2. The molecule has 2 atom stereocenters. The van der Waals surface area contributed by atoms with Crippen molar-refractivity contribution in [3.05, 3.63) is 41.1 Å². The maximum absolute atomic E-state index is 12.6. The van der Waals surface area contributed by atoms with Crippen molar-refractivity contribution < 1.29 is 14.0 Å². The first-order chi connectivity index (χ1) is 10.9. The van der Waals surface area contributed by atoms with E-state index < -0.39 is 11.8 Å². The highest BCUT2D eigenvalue weighted by atomic mass is 16.3. The van der Waals surface area contributed by atoms with Gasteiger partial charge < -0.3 is 15.1 Å². The topological polar surface area (TPSA) is 94.4 Å². The van der Waals surface area contributed by atoms with E-state index in [4.69, 9.17) is 10.2 Å². The van der Waals surface area contributed by atoms with E-state index in [-0.39, 0.29) is 11.8 Å². The monoisotopic (exact) mass is 316 g/mol. The lowest BCUT2D eigenvalue weighted by Crippen LogP contribution is -2.31. The molecule has 3 heterocycles. The van der Waals surface area contributed by atoms with Crippen molar-refractivity contribution in [3.63, 3.8) is 0 Å². The number of carbonyl (C=O) groups excluding carboxylic acids is 2. The quantitative estimate of drug-likeness (QED) is 0.913. The van der Waals surface area contributed by atoms with Gasteiger partial charge in [0.25, 0.3) is 5.91 Å². The molecule has 7 nitrogen and oxygen atoms in total. The van der Waals surface area contributed by atoms with Gasteiger partial charge in [-0.15, -0.1) is 0 Å². The molecule has 0 aromatic carbocycles. The minimum Gasteiger partial charge on any atom is -0.469 e. The summed E-state index contributed by atoms with van der Waals surface area (Å²) in [6.07, 6.45) is 3.20. The van der Waals surface area contributed by atoms with E-state index in [1.807, 2.05) is 14.0 Å². The molecule has 0 aliphatic carbocycles. The van der Waals surface area contributed by atoms with Gasteiger partial charge in [-0.25, -0.2) is 0 Å². The Hall–Kier alpha value is -2.57. The van der Waals surface area contributed by atoms with Crippen molar-refractivity contribution in [1.82, 2.24) is 14.7 Å². The number of aryl methyl sites for hydroxylation is 2. The van der Waals surface area contributed by atoms with E-state index >= 15 is 0 Å². The number of hydrogen-bond acceptors (Lipinski definition) is 4. The van der Waals surface area contributed by atoms with Crippen LogP contribution >= 0.6 is 0 Å². The number of nitrogens with zero attached hydrogens (tertiary/aromatic N) is 3. The molecule has 1 saturated heterocycles. The zero-order valence-electron chi connectivity index (χ0n) is 13.4. The van der Waals surface area contributed by atoms with E-state index in [1.54, 1.807) is 28.8 Å². The average molecular weight is 316 g/mol. The Balaban J connectivity index is 1.88. The van der Waals surface area contributed by atoms with Crippen LogP contribution < -0.4 is 5.73 Å². The predicted octanol–water partition coefficient (Wildman–Crippen LogP) is 0.971. The van der Waals surface area contributed by atoms with Crippen LogP contribution in [0.15, 0.2) is 22.9 Å². The van der Waals surface area contributed by atoms with Crippen molar-refractivity contribution in [2.24, 2.45) is 18.7 Å². The summed E-state index contributed by atoms with van der Waals surface area (Å²) in [6.45, 7) is 4.50. The van der Waals surface area contributed by atoms with Gasteiger partial charge in [-0.1, -0.05) is 0 Å². The molecule has 122 valence electrons. The molecular weight excluding hydrogens is 296 g/mol. The lowest BCUT2D eigenvalue weighted by atomic mass is 9.89. The molecule has 0 radical (unpaired) electrons. The standard InChI is InChI=1S/C16H20N4O3/c1-9-4-11(8-23-9)16(22)20-6-13(14(7-20)15(17)21)12-5-18-19(3)10(12)2/h4-5,8,13-14H,6-7H2,1-3H3,(H2,17,21)/t13-,14+/m1/s1. The van der Waals surface area contributed by atoms with Gasteiger partial charge in [-0.3, -0.25) is 14.3 Å². The zero-order valence-corrected chi connectivity index (χ0v) is 13.4. The highest BCUT2D eigenvalue weighted by Crippen LogP contribution is 2.34. The van der Waals surface area contributed by atoms with Crippen LogP contribution in [0.1, 0.15) is 33.3 Å². The lowest BCUT2D eigenvalue weighted by Gasteiger charge is -2.15. The van der Waals surface area contributed by atoms with Crippen molar-refractivity contribution >= 4 is 11.8 Å². The molecule has 1 fully saturated rings. The maximum atomic E-state index is 12.6. The first-order valence-electron chi connectivity index (χ1n) is 7.50. The van der Waals surface area contributed by atoms with Crippen LogP contribution in [-0.4, -0.2) is 39.6 Å². The molecule has 23 heavy (non-hydrogen) atoms. The highest BCUT2D eigenvalue weighted by Gasteiger charge is 2.41. The Bertz CT molecular complexity index is 761. The largest absolute Gasteiger partial charge is 0.469 e. The van der Waals surface area contributed by atoms with Crippen LogP contribution in [0.25, 0.3) is 0 Å². The molecule has 1 aliphatic heterocycles.